The van der Waals surface area contributed by atoms with Crippen LogP contribution in [0.15, 0.2) is 43.2 Å². The molecule has 2 aromatic rings. The molecule has 0 aliphatic carbocycles. The van der Waals surface area contributed by atoms with E-state index >= 15 is 0 Å². The molecule has 2 aliphatic heterocycles. The smallest absolute Gasteiger partial charge is 0.222 e. The van der Waals surface area contributed by atoms with E-state index in [0.717, 1.165) is 57.6 Å². The first-order valence-electron chi connectivity index (χ1n) is 10.3. The van der Waals surface area contributed by atoms with Crippen molar-refractivity contribution in [3.63, 3.8) is 0 Å². The highest BCUT2D eigenvalue weighted by Crippen LogP contribution is 2.32. The molecule has 150 valence electrons. The van der Waals surface area contributed by atoms with Gasteiger partial charge in [0.05, 0.1) is 17.4 Å². The molecule has 4 rings (SSSR count). The van der Waals surface area contributed by atoms with E-state index in [1.807, 2.05) is 23.4 Å². The van der Waals surface area contributed by atoms with Crippen molar-refractivity contribution in [3.8, 4) is 0 Å². The highest BCUT2D eigenvalue weighted by molar-refractivity contribution is 5.77. The SMILES string of the molecule is C=CCN1CCC2(CCC1=O)CN(CCn1cnc3ccccc31)CCN2C. The van der Waals surface area contributed by atoms with Crippen molar-refractivity contribution in [1.29, 1.82) is 0 Å². The average Bonchev–Trinajstić information content (AvgIpc) is 3.06. The van der Waals surface area contributed by atoms with Gasteiger partial charge in [0.15, 0.2) is 0 Å². The fraction of sp³-hybridized carbons (Fsp3) is 0.545. The summed E-state index contributed by atoms with van der Waals surface area (Å²) in [4.78, 5) is 24.0. The second-order valence-electron chi connectivity index (χ2n) is 8.23. The van der Waals surface area contributed by atoms with Gasteiger partial charge in [-0.1, -0.05) is 18.2 Å². The van der Waals surface area contributed by atoms with Gasteiger partial charge < -0.3 is 9.47 Å². The van der Waals surface area contributed by atoms with Crippen LogP contribution in [-0.4, -0.2) is 82.0 Å². The lowest BCUT2D eigenvalue weighted by molar-refractivity contribution is -0.130. The standard InChI is InChI=1S/C22H31N5O/c1-3-11-26-12-10-22(9-8-21(26)28)17-25(14-13-24(22)2)15-16-27-18-23-19-6-4-5-7-20(19)27/h3-7,18H,1,8-17H2,2H3. The van der Waals surface area contributed by atoms with E-state index in [1.165, 1.54) is 5.52 Å². The number of carbonyl (C=O) groups excluding carboxylic acids is 1. The van der Waals surface area contributed by atoms with Crippen LogP contribution in [0.1, 0.15) is 19.3 Å². The number of carbonyl (C=O) groups is 1. The summed E-state index contributed by atoms with van der Waals surface area (Å²) in [6.07, 6.45) is 6.41. The molecule has 2 saturated heterocycles. The molecular weight excluding hydrogens is 350 g/mol. The molecule has 0 saturated carbocycles. The van der Waals surface area contributed by atoms with E-state index in [2.05, 4.69) is 51.2 Å². The normalized spacial score (nSPS) is 24.8. The highest BCUT2D eigenvalue weighted by Gasteiger charge is 2.41. The van der Waals surface area contributed by atoms with E-state index in [9.17, 15) is 4.79 Å². The molecule has 0 bridgehead atoms. The van der Waals surface area contributed by atoms with E-state index in [-0.39, 0.29) is 11.4 Å². The van der Waals surface area contributed by atoms with Gasteiger partial charge in [-0.05, 0) is 32.0 Å². The number of para-hydroxylation sites is 2. The van der Waals surface area contributed by atoms with Crippen molar-refractivity contribution in [2.45, 2.75) is 31.3 Å². The summed E-state index contributed by atoms with van der Waals surface area (Å²) in [5.74, 6) is 0.271. The molecule has 3 heterocycles. The predicted molar refractivity (Wildman–Crippen MR) is 112 cm³/mol. The molecule has 6 nitrogen and oxygen atoms in total. The number of piperazine rings is 1. The molecule has 0 radical (unpaired) electrons. The molecular formula is C22H31N5O. The van der Waals surface area contributed by atoms with Gasteiger partial charge in [0.25, 0.3) is 0 Å². The van der Waals surface area contributed by atoms with E-state index < -0.39 is 0 Å². The van der Waals surface area contributed by atoms with Crippen molar-refractivity contribution in [3.05, 3.63) is 43.2 Å². The molecule has 1 aromatic carbocycles. The zero-order chi connectivity index (χ0) is 19.6. The fourth-order valence-corrected chi connectivity index (χ4v) is 4.75. The lowest BCUT2D eigenvalue weighted by Gasteiger charge is -2.49. The van der Waals surface area contributed by atoms with Crippen LogP contribution in [0.5, 0.6) is 0 Å². The van der Waals surface area contributed by atoms with Gasteiger partial charge in [-0.2, -0.15) is 0 Å². The summed E-state index contributed by atoms with van der Waals surface area (Å²) in [7, 11) is 2.23. The van der Waals surface area contributed by atoms with Crippen molar-refractivity contribution in [1.82, 2.24) is 24.3 Å². The second kappa shape index (κ2) is 8.05. The number of hydrogen-bond donors (Lipinski definition) is 0. The molecule has 0 N–H and O–H groups in total. The van der Waals surface area contributed by atoms with Crippen molar-refractivity contribution < 1.29 is 4.79 Å². The number of rotatable bonds is 5. The maximum absolute atomic E-state index is 12.5. The molecule has 2 aliphatic rings. The molecule has 28 heavy (non-hydrogen) atoms. The number of likely N-dealkylation sites (tertiary alicyclic amines) is 1. The summed E-state index contributed by atoms with van der Waals surface area (Å²) in [6, 6.07) is 8.31. The Hall–Kier alpha value is -2.18. The first-order chi connectivity index (χ1) is 13.6. The van der Waals surface area contributed by atoms with Crippen LogP contribution < -0.4 is 0 Å². The number of aromatic nitrogens is 2. The minimum Gasteiger partial charge on any atom is -0.339 e. The van der Waals surface area contributed by atoms with Gasteiger partial charge in [0, 0.05) is 57.8 Å². The minimum atomic E-state index is 0.0981. The lowest BCUT2D eigenvalue weighted by Crippen LogP contribution is -2.61. The van der Waals surface area contributed by atoms with E-state index in [0.29, 0.717) is 13.0 Å². The number of fused-ring (bicyclic) bond motifs is 1. The fourth-order valence-electron chi connectivity index (χ4n) is 4.75. The van der Waals surface area contributed by atoms with E-state index in [1.54, 1.807) is 0 Å². The predicted octanol–water partition coefficient (Wildman–Crippen LogP) is 2.22. The van der Waals surface area contributed by atoms with Crippen LogP contribution in [0.4, 0.5) is 0 Å². The van der Waals surface area contributed by atoms with Gasteiger partial charge in [-0.25, -0.2) is 4.98 Å². The van der Waals surface area contributed by atoms with Gasteiger partial charge in [-0.15, -0.1) is 6.58 Å². The Morgan fingerprint density at radius 1 is 1.18 bits per heavy atom. The minimum absolute atomic E-state index is 0.0981. The van der Waals surface area contributed by atoms with E-state index in [4.69, 9.17) is 0 Å². The highest BCUT2D eigenvalue weighted by atomic mass is 16.2. The number of imidazole rings is 1. The Bertz CT molecular complexity index is 846. The number of hydrogen-bond acceptors (Lipinski definition) is 4. The maximum atomic E-state index is 12.5. The number of likely N-dealkylation sites (N-methyl/N-ethyl adjacent to an activating group) is 1. The Morgan fingerprint density at radius 3 is 2.89 bits per heavy atom. The molecule has 1 amide bonds. The topological polar surface area (TPSA) is 44.6 Å². The third-order valence-electron chi connectivity index (χ3n) is 6.62. The van der Waals surface area contributed by atoms with Crippen molar-refractivity contribution >= 4 is 16.9 Å². The summed E-state index contributed by atoms with van der Waals surface area (Å²) in [6.45, 7) is 10.4. The van der Waals surface area contributed by atoms with Crippen molar-refractivity contribution in [2.24, 2.45) is 0 Å². The molecule has 1 aromatic heterocycles. The Kier molecular flexibility index (Phi) is 5.51. The third-order valence-corrected chi connectivity index (χ3v) is 6.62. The van der Waals surface area contributed by atoms with Crippen LogP contribution >= 0.6 is 0 Å². The molecule has 6 heteroatoms. The summed E-state index contributed by atoms with van der Waals surface area (Å²) >= 11 is 0. The quantitative estimate of drug-likeness (QED) is 0.745. The summed E-state index contributed by atoms with van der Waals surface area (Å²) in [5.41, 5.74) is 2.36. The number of nitrogens with zero attached hydrogens (tertiary/aromatic N) is 5. The summed E-state index contributed by atoms with van der Waals surface area (Å²) < 4.78 is 2.25. The zero-order valence-corrected chi connectivity index (χ0v) is 16.9. The van der Waals surface area contributed by atoms with Gasteiger partial charge in [0.2, 0.25) is 5.91 Å². The molecule has 1 unspecified atom stereocenters. The van der Waals surface area contributed by atoms with Crippen LogP contribution in [0.2, 0.25) is 0 Å². The zero-order valence-electron chi connectivity index (χ0n) is 16.9. The Balaban J connectivity index is 1.43. The van der Waals surface area contributed by atoms with Crippen molar-refractivity contribution in [2.75, 3.05) is 46.3 Å². The van der Waals surface area contributed by atoms with Crippen LogP contribution in [-0.2, 0) is 11.3 Å². The molecule has 2 fully saturated rings. The largest absolute Gasteiger partial charge is 0.339 e. The van der Waals surface area contributed by atoms with Gasteiger partial charge in [0.1, 0.15) is 0 Å². The van der Waals surface area contributed by atoms with Gasteiger partial charge >= 0.3 is 0 Å². The number of benzene rings is 1. The third kappa shape index (κ3) is 3.71. The lowest BCUT2D eigenvalue weighted by atomic mass is 9.86. The van der Waals surface area contributed by atoms with Gasteiger partial charge in [-0.3, -0.25) is 14.6 Å². The Labute approximate surface area is 167 Å². The molecule has 1 atom stereocenters. The van der Waals surface area contributed by atoms with Crippen LogP contribution in [0.25, 0.3) is 11.0 Å². The monoisotopic (exact) mass is 381 g/mol. The second-order valence-corrected chi connectivity index (χ2v) is 8.23. The Morgan fingerprint density at radius 2 is 2.04 bits per heavy atom. The van der Waals surface area contributed by atoms with Crippen LogP contribution in [0.3, 0.4) is 0 Å². The number of amides is 1. The molecule has 1 spiro atoms. The first kappa shape index (κ1) is 19.2. The maximum Gasteiger partial charge on any atom is 0.222 e. The van der Waals surface area contributed by atoms with Crippen LogP contribution in [0, 0.1) is 0 Å². The first-order valence-corrected chi connectivity index (χ1v) is 10.3. The summed E-state index contributed by atoms with van der Waals surface area (Å²) in [5, 5.41) is 0. The average molecular weight is 382 g/mol.